The molecule has 0 radical (unpaired) electrons. The molecule has 3 rings (SSSR count). The number of phenolic OH excluding ortho intramolecular Hbond substituents is 1. The molecule has 2 aliphatic heterocycles. The van der Waals surface area contributed by atoms with Crippen molar-refractivity contribution in [3.05, 3.63) is 29.8 Å². The Balaban J connectivity index is 1.59. The number of benzene rings is 1. The summed E-state index contributed by atoms with van der Waals surface area (Å²) in [6.45, 7) is 2.04. The lowest BCUT2D eigenvalue weighted by Crippen LogP contribution is -2.48. The molecule has 2 fully saturated rings. The molecule has 2 heterocycles. The number of piperidine rings is 1. The van der Waals surface area contributed by atoms with Gasteiger partial charge in [0.1, 0.15) is 5.75 Å². The Labute approximate surface area is 136 Å². The maximum absolute atomic E-state index is 12.5. The van der Waals surface area contributed by atoms with E-state index in [2.05, 4.69) is 0 Å². The summed E-state index contributed by atoms with van der Waals surface area (Å²) in [6.07, 6.45) is 3.58. The van der Waals surface area contributed by atoms with Crippen molar-refractivity contribution in [3.63, 3.8) is 0 Å². The van der Waals surface area contributed by atoms with Gasteiger partial charge in [0, 0.05) is 33.1 Å². The molecule has 0 aliphatic carbocycles. The molecule has 1 atom stereocenters. The van der Waals surface area contributed by atoms with Crippen LogP contribution in [0, 0.1) is 5.41 Å². The second kappa shape index (κ2) is 6.22. The number of phenols is 1. The summed E-state index contributed by atoms with van der Waals surface area (Å²) in [4.78, 5) is 28.6. The molecule has 1 aromatic rings. The predicted octanol–water partition coefficient (Wildman–Crippen LogP) is 1.80. The van der Waals surface area contributed by atoms with Crippen molar-refractivity contribution in [1.29, 1.82) is 0 Å². The van der Waals surface area contributed by atoms with Crippen molar-refractivity contribution in [2.45, 2.75) is 32.1 Å². The van der Waals surface area contributed by atoms with E-state index < -0.39 is 0 Å². The van der Waals surface area contributed by atoms with Gasteiger partial charge in [-0.15, -0.1) is 0 Å². The number of para-hydroxylation sites is 1. The van der Waals surface area contributed by atoms with Crippen molar-refractivity contribution in [1.82, 2.24) is 9.80 Å². The minimum absolute atomic E-state index is 0.0751. The summed E-state index contributed by atoms with van der Waals surface area (Å²) in [7, 11) is 1.85. The Morgan fingerprint density at radius 3 is 2.83 bits per heavy atom. The van der Waals surface area contributed by atoms with Gasteiger partial charge in [0.05, 0.1) is 5.41 Å². The summed E-state index contributed by atoms with van der Waals surface area (Å²) >= 11 is 0. The molecule has 2 amide bonds. The quantitative estimate of drug-likeness (QED) is 0.925. The van der Waals surface area contributed by atoms with Crippen LogP contribution in [-0.2, 0) is 16.0 Å². The van der Waals surface area contributed by atoms with Gasteiger partial charge in [-0.3, -0.25) is 9.59 Å². The summed E-state index contributed by atoms with van der Waals surface area (Å²) < 4.78 is 0. The summed E-state index contributed by atoms with van der Waals surface area (Å²) in [5, 5.41) is 9.78. The van der Waals surface area contributed by atoms with E-state index in [1.54, 1.807) is 17.0 Å². The molecule has 5 nitrogen and oxygen atoms in total. The number of hydrogen-bond acceptors (Lipinski definition) is 3. The van der Waals surface area contributed by atoms with Crippen LogP contribution in [0.15, 0.2) is 24.3 Å². The normalized spacial score (nSPS) is 24.5. The van der Waals surface area contributed by atoms with Crippen LogP contribution in [-0.4, -0.2) is 53.4 Å². The Kier molecular flexibility index (Phi) is 4.28. The van der Waals surface area contributed by atoms with E-state index in [0.717, 1.165) is 31.4 Å². The van der Waals surface area contributed by atoms with Gasteiger partial charge in [0.15, 0.2) is 0 Å². The van der Waals surface area contributed by atoms with Gasteiger partial charge in [-0.05, 0) is 37.3 Å². The third-order valence-corrected chi connectivity index (χ3v) is 5.26. The van der Waals surface area contributed by atoms with Crippen LogP contribution in [0.5, 0.6) is 5.75 Å². The third kappa shape index (κ3) is 3.05. The molecule has 1 aromatic carbocycles. The highest BCUT2D eigenvalue weighted by Gasteiger charge is 2.48. The number of amides is 2. The third-order valence-electron chi connectivity index (χ3n) is 5.26. The molecular formula is C18H24N2O3. The average Bonchev–Trinajstić information content (AvgIpc) is 2.97. The van der Waals surface area contributed by atoms with E-state index in [1.165, 1.54) is 0 Å². The predicted molar refractivity (Wildman–Crippen MR) is 86.9 cm³/mol. The number of carbonyl (C=O) groups excluding carboxylic acids is 2. The van der Waals surface area contributed by atoms with Gasteiger partial charge >= 0.3 is 0 Å². The molecule has 0 unspecified atom stereocenters. The van der Waals surface area contributed by atoms with Gasteiger partial charge in [0.25, 0.3) is 0 Å². The molecule has 5 heteroatoms. The van der Waals surface area contributed by atoms with Crippen molar-refractivity contribution in [3.8, 4) is 5.75 Å². The number of hydrogen-bond donors (Lipinski definition) is 1. The lowest BCUT2D eigenvalue weighted by Gasteiger charge is -2.37. The largest absolute Gasteiger partial charge is 0.508 e. The number of likely N-dealkylation sites (tertiary alicyclic amines) is 2. The van der Waals surface area contributed by atoms with E-state index in [9.17, 15) is 14.7 Å². The van der Waals surface area contributed by atoms with Gasteiger partial charge < -0.3 is 14.9 Å². The Morgan fingerprint density at radius 2 is 2.04 bits per heavy atom. The first-order chi connectivity index (χ1) is 11.0. The van der Waals surface area contributed by atoms with Gasteiger partial charge in [0.2, 0.25) is 11.8 Å². The van der Waals surface area contributed by atoms with Crippen LogP contribution in [0.3, 0.4) is 0 Å². The Bertz CT molecular complexity index is 616. The fourth-order valence-corrected chi connectivity index (χ4v) is 3.85. The highest BCUT2D eigenvalue weighted by Crippen LogP contribution is 2.39. The summed E-state index contributed by atoms with van der Waals surface area (Å²) in [6, 6.07) is 7.12. The number of carbonyl (C=O) groups is 2. The lowest BCUT2D eigenvalue weighted by atomic mass is 9.78. The minimum Gasteiger partial charge on any atom is -0.508 e. The van der Waals surface area contributed by atoms with Crippen molar-refractivity contribution in [2.24, 2.45) is 5.41 Å². The molecule has 2 saturated heterocycles. The zero-order valence-corrected chi connectivity index (χ0v) is 13.6. The Hall–Kier alpha value is -2.04. The standard InChI is InChI=1S/C18H24N2O3/c1-19-11-4-9-18(17(19)23)10-12-20(13-18)16(22)8-7-14-5-2-3-6-15(14)21/h2-3,5-6,21H,4,7-13H2,1H3/t18-/m0/s1. The summed E-state index contributed by atoms with van der Waals surface area (Å²) in [5.74, 6) is 0.508. The molecule has 0 aromatic heterocycles. The topological polar surface area (TPSA) is 60.9 Å². The highest BCUT2D eigenvalue weighted by atomic mass is 16.3. The molecule has 0 bridgehead atoms. The first kappa shape index (κ1) is 15.8. The van der Waals surface area contributed by atoms with Crippen LogP contribution < -0.4 is 0 Å². The number of rotatable bonds is 3. The van der Waals surface area contributed by atoms with Crippen LogP contribution in [0.1, 0.15) is 31.2 Å². The number of aryl methyl sites for hydroxylation is 1. The smallest absolute Gasteiger partial charge is 0.230 e. The van der Waals surface area contributed by atoms with Gasteiger partial charge in [-0.25, -0.2) is 0 Å². The molecule has 124 valence electrons. The van der Waals surface area contributed by atoms with E-state index in [-0.39, 0.29) is 23.0 Å². The zero-order chi connectivity index (χ0) is 16.4. The highest BCUT2D eigenvalue weighted by molar-refractivity contribution is 5.86. The molecule has 1 N–H and O–H groups in total. The average molecular weight is 316 g/mol. The van der Waals surface area contributed by atoms with Crippen LogP contribution in [0.2, 0.25) is 0 Å². The monoisotopic (exact) mass is 316 g/mol. The van der Waals surface area contributed by atoms with Crippen LogP contribution in [0.25, 0.3) is 0 Å². The lowest BCUT2D eigenvalue weighted by molar-refractivity contribution is -0.144. The maximum Gasteiger partial charge on any atom is 0.230 e. The van der Waals surface area contributed by atoms with E-state index >= 15 is 0 Å². The van der Waals surface area contributed by atoms with Crippen LogP contribution in [0.4, 0.5) is 0 Å². The maximum atomic E-state index is 12.5. The van der Waals surface area contributed by atoms with Gasteiger partial charge in [-0.1, -0.05) is 18.2 Å². The van der Waals surface area contributed by atoms with E-state index in [0.29, 0.717) is 25.9 Å². The second-order valence-corrected chi connectivity index (χ2v) is 6.80. The molecular weight excluding hydrogens is 292 g/mol. The summed E-state index contributed by atoms with van der Waals surface area (Å²) in [5.41, 5.74) is 0.445. The first-order valence-electron chi connectivity index (χ1n) is 8.32. The van der Waals surface area contributed by atoms with E-state index in [4.69, 9.17) is 0 Å². The second-order valence-electron chi connectivity index (χ2n) is 6.80. The Morgan fingerprint density at radius 1 is 1.26 bits per heavy atom. The number of aromatic hydroxyl groups is 1. The van der Waals surface area contributed by atoms with E-state index in [1.807, 2.05) is 24.1 Å². The molecule has 23 heavy (non-hydrogen) atoms. The van der Waals surface area contributed by atoms with Crippen molar-refractivity contribution in [2.75, 3.05) is 26.7 Å². The van der Waals surface area contributed by atoms with Crippen molar-refractivity contribution < 1.29 is 14.7 Å². The molecule has 2 aliphatic rings. The zero-order valence-electron chi connectivity index (χ0n) is 13.6. The number of nitrogens with zero attached hydrogens (tertiary/aromatic N) is 2. The minimum atomic E-state index is -0.350. The van der Waals surface area contributed by atoms with Crippen LogP contribution >= 0.6 is 0 Å². The molecule has 1 spiro atoms. The fraction of sp³-hybridized carbons (Fsp3) is 0.556. The van der Waals surface area contributed by atoms with Gasteiger partial charge in [-0.2, -0.15) is 0 Å². The fourth-order valence-electron chi connectivity index (χ4n) is 3.85. The molecule has 0 saturated carbocycles. The SMILES string of the molecule is CN1CCC[C@@]2(CCN(C(=O)CCc3ccccc3O)C2)C1=O. The first-order valence-corrected chi connectivity index (χ1v) is 8.32. The van der Waals surface area contributed by atoms with Crippen molar-refractivity contribution >= 4 is 11.8 Å².